The van der Waals surface area contributed by atoms with Crippen LogP contribution in [0.15, 0.2) is 78.4 Å². The Morgan fingerprint density at radius 3 is 2.39 bits per heavy atom. The molecule has 4 aromatic rings. The number of hydrogen-bond donors (Lipinski definition) is 3. The number of benzene rings is 2. The van der Waals surface area contributed by atoms with Gasteiger partial charge in [0.2, 0.25) is 0 Å². The lowest BCUT2D eigenvalue weighted by atomic mass is 10.2. The highest BCUT2D eigenvalue weighted by molar-refractivity contribution is 7.13. The Bertz CT molecular complexity index is 1080. The minimum atomic E-state index is -0.183. The van der Waals surface area contributed by atoms with Gasteiger partial charge in [0.25, 0.3) is 5.91 Å². The topological polar surface area (TPSA) is 92.9 Å². The molecule has 4 rings (SSSR count). The van der Waals surface area contributed by atoms with Crippen LogP contribution in [0.5, 0.6) is 0 Å². The van der Waals surface area contributed by atoms with Crippen LogP contribution in [0.2, 0.25) is 0 Å². The monoisotopic (exact) mass is 387 g/mol. The van der Waals surface area contributed by atoms with Gasteiger partial charge in [-0.1, -0.05) is 6.07 Å². The molecule has 2 aromatic carbocycles. The molecule has 0 saturated heterocycles. The number of nitrogen functional groups attached to an aromatic ring is 1. The second kappa shape index (κ2) is 7.89. The van der Waals surface area contributed by atoms with Gasteiger partial charge in [0.05, 0.1) is 10.6 Å². The third kappa shape index (κ3) is 4.16. The van der Waals surface area contributed by atoms with Crippen molar-refractivity contribution < 1.29 is 4.79 Å². The summed E-state index contributed by atoms with van der Waals surface area (Å²) in [6, 6.07) is 20.1. The van der Waals surface area contributed by atoms with E-state index in [4.69, 9.17) is 5.73 Å². The molecule has 0 unspecified atom stereocenters. The highest BCUT2D eigenvalue weighted by atomic mass is 32.1. The van der Waals surface area contributed by atoms with Crippen molar-refractivity contribution in [3.8, 4) is 10.6 Å². The third-order valence-corrected chi connectivity index (χ3v) is 4.92. The summed E-state index contributed by atoms with van der Waals surface area (Å²) in [5.41, 5.74) is 9.27. The molecule has 0 bridgehead atoms. The van der Waals surface area contributed by atoms with Crippen LogP contribution in [0, 0.1) is 0 Å². The van der Waals surface area contributed by atoms with Gasteiger partial charge >= 0.3 is 0 Å². The Kier molecular flexibility index (Phi) is 4.99. The molecule has 0 aliphatic carbocycles. The van der Waals surface area contributed by atoms with Crippen molar-refractivity contribution in [2.45, 2.75) is 0 Å². The predicted molar refractivity (Wildman–Crippen MR) is 114 cm³/mol. The maximum Gasteiger partial charge on any atom is 0.255 e. The zero-order valence-electron chi connectivity index (χ0n) is 14.8. The summed E-state index contributed by atoms with van der Waals surface area (Å²) in [6.07, 6.45) is 1.54. The lowest BCUT2D eigenvalue weighted by Crippen LogP contribution is -2.11. The molecular weight excluding hydrogens is 370 g/mol. The van der Waals surface area contributed by atoms with Gasteiger partial charge in [0.15, 0.2) is 0 Å². The Balaban J connectivity index is 1.43. The first-order valence-electron chi connectivity index (χ1n) is 8.57. The predicted octanol–water partition coefficient (Wildman–Crippen LogP) is 4.78. The minimum Gasteiger partial charge on any atom is -0.399 e. The second-order valence-electron chi connectivity index (χ2n) is 6.04. The van der Waals surface area contributed by atoms with E-state index < -0.39 is 0 Å². The van der Waals surface area contributed by atoms with Crippen molar-refractivity contribution in [3.63, 3.8) is 0 Å². The SMILES string of the molecule is Nc1ccc(C(=O)Nc2ccc(Nc3cc(-c4cccs4)ncn3)cc2)cc1. The first-order chi connectivity index (χ1) is 13.7. The molecular formula is C21H17N5OS. The quantitative estimate of drug-likeness (QED) is 0.428. The summed E-state index contributed by atoms with van der Waals surface area (Å²) < 4.78 is 0. The molecule has 0 fully saturated rings. The molecule has 28 heavy (non-hydrogen) atoms. The first-order valence-corrected chi connectivity index (χ1v) is 9.45. The van der Waals surface area contributed by atoms with Gasteiger partial charge in [0.1, 0.15) is 12.1 Å². The fraction of sp³-hybridized carbons (Fsp3) is 0. The van der Waals surface area contributed by atoms with Gasteiger partial charge in [0, 0.05) is 28.7 Å². The minimum absolute atomic E-state index is 0.183. The van der Waals surface area contributed by atoms with E-state index in [0.29, 0.717) is 22.8 Å². The lowest BCUT2D eigenvalue weighted by molar-refractivity contribution is 0.102. The van der Waals surface area contributed by atoms with Crippen molar-refractivity contribution in [3.05, 3.63) is 84.0 Å². The van der Waals surface area contributed by atoms with Gasteiger partial charge in [-0.25, -0.2) is 9.97 Å². The first kappa shape index (κ1) is 17.7. The van der Waals surface area contributed by atoms with Crippen LogP contribution in [0.4, 0.5) is 22.9 Å². The van der Waals surface area contributed by atoms with Gasteiger partial charge in [-0.3, -0.25) is 4.79 Å². The molecule has 0 atom stereocenters. The summed E-state index contributed by atoms with van der Waals surface area (Å²) in [7, 11) is 0. The molecule has 1 amide bonds. The average Bonchev–Trinajstić information content (AvgIpc) is 3.25. The molecule has 0 saturated carbocycles. The molecule has 0 aliphatic rings. The number of amides is 1. The number of hydrogen-bond acceptors (Lipinski definition) is 6. The number of nitrogens with one attached hydrogen (secondary N) is 2. The standard InChI is InChI=1S/C21H17N5OS/c22-15-5-3-14(4-6-15)21(27)26-17-9-7-16(8-10-17)25-20-12-18(23-13-24-20)19-2-1-11-28-19/h1-13H,22H2,(H,26,27)(H,23,24,25). The van der Waals surface area contributed by atoms with Crippen molar-refractivity contribution in [2.24, 2.45) is 0 Å². The lowest BCUT2D eigenvalue weighted by Gasteiger charge is -2.09. The van der Waals surface area contributed by atoms with Crippen LogP contribution in [0.1, 0.15) is 10.4 Å². The zero-order chi connectivity index (χ0) is 19.3. The van der Waals surface area contributed by atoms with E-state index in [0.717, 1.165) is 16.3 Å². The molecule has 0 aliphatic heterocycles. The Morgan fingerprint density at radius 1 is 0.929 bits per heavy atom. The summed E-state index contributed by atoms with van der Waals surface area (Å²) in [5.74, 6) is 0.522. The van der Waals surface area contributed by atoms with E-state index in [9.17, 15) is 4.79 Å². The van der Waals surface area contributed by atoms with Crippen LogP contribution >= 0.6 is 11.3 Å². The number of thiophene rings is 1. The molecule has 138 valence electrons. The van der Waals surface area contributed by atoms with E-state index in [-0.39, 0.29) is 5.91 Å². The highest BCUT2D eigenvalue weighted by Gasteiger charge is 2.07. The number of carbonyl (C=O) groups is 1. The Hall–Kier alpha value is -3.71. The summed E-state index contributed by atoms with van der Waals surface area (Å²) in [5, 5.41) is 8.13. The van der Waals surface area contributed by atoms with Crippen LogP contribution in [-0.4, -0.2) is 15.9 Å². The van der Waals surface area contributed by atoms with Gasteiger partial charge in [-0.05, 0) is 60.0 Å². The smallest absolute Gasteiger partial charge is 0.255 e. The highest BCUT2D eigenvalue weighted by Crippen LogP contribution is 2.25. The number of rotatable bonds is 5. The molecule has 2 aromatic heterocycles. The summed E-state index contributed by atoms with van der Waals surface area (Å²) >= 11 is 1.63. The maximum absolute atomic E-state index is 12.3. The number of carbonyl (C=O) groups excluding carboxylic acids is 1. The van der Waals surface area contributed by atoms with Gasteiger partial charge in [-0.2, -0.15) is 0 Å². The van der Waals surface area contributed by atoms with E-state index in [1.807, 2.05) is 47.8 Å². The molecule has 7 heteroatoms. The van der Waals surface area contributed by atoms with Gasteiger partial charge < -0.3 is 16.4 Å². The normalized spacial score (nSPS) is 10.4. The van der Waals surface area contributed by atoms with Gasteiger partial charge in [-0.15, -0.1) is 11.3 Å². The largest absolute Gasteiger partial charge is 0.399 e. The molecule has 4 N–H and O–H groups in total. The van der Waals surface area contributed by atoms with E-state index >= 15 is 0 Å². The van der Waals surface area contributed by atoms with Crippen LogP contribution in [-0.2, 0) is 0 Å². The number of nitrogens with zero attached hydrogens (tertiary/aromatic N) is 2. The number of nitrogens with two attached hydrogens (primary N) is 1. The van der Waals surface area contributed by atoms with Crippen LogP contribution < -0.4 is 16.4 Å². The Labute approximate surface area is 166 Å². The molecule has 0 radical (unpaired) electrons. The summed E-state index contributed by atoms with van der Waals surface area (Å²) in [6.45, 7) is 0. The van der Waals surface area contributed by atoms with E-state index in [1.165, 1.54) is 0 Å². The van der Waals surface area contributed by atoms with Crippen molar-refractivity contribution >= 4 is 40.1 Å². The second-order valence-corrected chi connectivity index (χ2v) is 6.99. The van der Waals surface area contributed by atoms with Crippen molar-refractivity contribution in [2.75, 3.05) is 16.4 Å². The summed E-state index contributed by atoms with van der Waals surface area (Å²) in [4.78, 5) is 21.9. The molecule has 2 heterocycles. The fourth-order valence-electron chi connectivity index (χ4n) is 2.61. The maximum atomic E-state index is 12.3. The Morgan fingerprint density at radius 2 is 1.68 bits per heavy atom. The van der Waals surface area contributed by atoms with Crippen molar-refractivity contribution in [1.82, 2.24) is 9.97 Å². The number of anilines is 4. The zero-order valence-corrected chi connectivity index (χ0v) is 15.6. The molecule has 0 spiro atoms. The number of aromatic nitrogens is 2. The average molecular weight is 387 g/mol. The molecule has 6 nitrogen and oxygen atoms in total. The third-order valence-electron chi connectivity index (χ3n) is 4.03. The van der Waals surface area contributed by atoms with E-state index in [1.54, 1.807) is 41.9 Å². The fourth-order valence-corrected chi connectivity index (χ4v) is 3.30. The van der Waals surface area contributed by atoms with Crippen molar-refractivity contribution in [1.29, 1.82) is 0 Å². The van der Waals surface area contributed by atoms with Crippen LogP contribution in [0.25, 0.3) is 10.6 Å². The van der Waals surface area contributed by atoms with Crippen LogP contribution in [0.3, 0.4) is 0 Å². The van der Waals surface area contributed by atoms with E-state index in [2.05, 4.69) is 20.6 Å².